The summed E-state index contributed by atoms with van der Waals surface area (Å²) in [6, 6.07) is 3.78. The Kier molecular flexibility index (Phi) is 7.46. The van der Waals surface area contributed by atoms with Gasteiger partial charge in [0.1, 0.15) is 5.75 Å². The molecule has 0 aliphatic rings. The van der Waals surface area contributed by atoms with Gasteiger partial charge in [0.15, 0.2) is 0 Å². The van der Waals surface area contributed by atoms with Crippen molar-refractivity contribution in [1.29, 1.82) is 0 Å². The summed E-state index contributed by atoms with van der Waals surface area (Å²) in [5.41, 5.74) is 4.35. The summed E-state index contributed by atoms with van der Waals surface area (Å²) in [5.74, 6) is 0.0219. The van der Waals surface area contributed by atoms with Crippen molar-refractivity contribution in [3.05, 3.63) is 29.7 Å². The molecule has 2 aromatic rings. The second-order valence-corrected chi connectivity index (χ2v) is 7.47. The summed E-state index contributed by atoms with van der Waals surface area (Å²) in [4.78, 5) is 4.10. The number of aromatic nitrogens is 2. The standard InChI is InChI=1S/C20H28F3N3O2/c1-4-5-6-7-8-9-12-27-16-11-10-14(13-15(16)20(21,22)23)17-25-18(28-26-17)19(2,3)24/h10-11,13H,4-9,12,24H2,1-3H3. The highest BCUT2D eigenvalue weighted by Gasteiger charge is 2.35. The lowest BCUT2D eigenvalue weighted by Gasteiger charge is -2.15. The van der Waals surface area contributed by atoms with Gasteiger partial charge in [-0.2, -0.15) is 18.2 Å². The number of benzene rings is 1. The molecule has 1 aromatic heterocycles. The van der Waals surface area contributed by atoms with E-state index in [0.29, 0.717) is 0 Å². The third-order valence-electron chi connectivity index (χ3n) is 4.28. The number of nitrogens with zero attached hydrogens (tertiary/aromatic N) is 2. The quantitative estimate of drug-likeness (QED) is 0.520. The fraction of sp³-hybridized carbons (Fsp3) is 0.600. The maximum Gasteiger partial charge on any atom is 0.419 e. The molecule has 156 valence electrons. The topological polar surface area (TPSA) is 74.2 Å². The number of rotatable bonds is 10. The molecular weight excluding hydrogens is 371 g/mol. The highest BCUT2D eigenvalue weighted by atomic mass is 19.4. The van der Waals surface area contributed by atoms with Crippen LogP contribution in [0.4, 0.5) is 13.2 Å². The molecule has 2 N–H and O–H groups in total. The molecule has 28 heavy (non-hydrogen) atoms. The monoisotopic (exact) mass is 399 g/mol. The maximum absolute atomic E-state index is 13.5. The van der Waals surface area contributed by atoms with Crippen LogP contribution in [0.2, 0.25) is 0 Å². The molecule has 8 heteroatoms. The molecule has 0 saturated heterocycles. The van der Waals surface area contributed by atoms with E-state index in [1.165, 1.54) is 18.6 Å². The van der Waals surface area contributed by atoms with Crippen LogP contribution in [0.5, 0.6) is 5.75 Å². The highest BCUT2D eigenvalue weighted by Crippen LogP contribution is 2.38. The molecule has 0 atom stereocenters. The summed E-state index contributed by atoms with van der Waals surface area (Å²) in [7, 11) is 0. The van der Waals surface area contributed by atoms with Crippen LogP contribution in [0.1, 0.15) is 70.8 Å². The fourth-order valence-electron chi connectivity index (χ4n) is 2.68. The first-order valence-corrected chi connectivity index (χ1v) is 9.60. The largest absolute Gasteiger partial charge is 0.493 e. The van der Waals surface area contributed by atoms with Crippen LogP contribution in [0.3, 0.4) is 0 Å². The molecule has 1 heterocycles. The van der Waals surface area contributed by atoms with Gasteiger partial charge in [-0.15, -0.1) is 0 Å². The number of unbranched alkanes of at least 4 members (excludes halogenated alkanes) is 5. The van der Waals surface area contributed by atoms with Gasteiger partial charge >= 0.3 is 6.18 Å². The number of hydrogen-bond donors (Lipinski definition) is 1. The Bertz CT molecular complexity index is 752. The Balaban J connectivity index is 2.10. The van der Waals surface area contributed by atoms with E-state index in [2.05, 4.69) is 17.1 Å². The first kappa shape index (κ1) is 22.2. The van der Waals surface area contributed by atoms with Gasteiger partial charge in [0.05, 0.1) is 17.7 Å². The number of nitrogens with two attached hydrogens (primary N) is 1. The van der Waals surface area contributed by atoms with Crippen molar-refractivity contribution in [2.24, 2.45) is 5.73 Å². The molecule has 0 amide bonds. The molecular formula is C20H28F3N3O2. The zero-order valence-corrected chi connectivity index (χ0v) is 16.6. The van der Waals surface area contributed by atoms with E-state index in [4.69, 9.17) is 15.0 Å². The van der Waals surface area contributed by atoms with E-state index in [1.807, 2.05) is 0 Å². The molecule has 0 aliphatic heterocycles. The molecule has 2 rings (SSSR count). The van der Waals surface area contributed by atoms with E-state index in [1.54, 1.807) is 13.8 Å². The van der Waals surface area contributed by atoms with E-state index in [0.717, 1.165) is 38.2 Å². The summed E-state index contributed by atoms with van der Waals surface area (Å²) < 4.78 is 50.9. The van der Waals surface area contributed by atoms with Crippen LogP contribution in [0.25, 0.3) is 11.4 Å². The third-order valence-corrected chi connectivity index (χ3v) is 4.28. The maximum atomic E-state index is 13.5. The van der Waals surface area contributed by atoms with E-state index in [-0.39, 0.29) is 29.6 Å². The SMILES string of the molecule is CCCCCCCCOc1ccc(-c2noc(C(C)(C)N)n2)cc1C(F)(F)F. The molecule has 0 saturated carbocycles. The van der Waals surface area contributed by atoms with Crippen molar-refractivity contribution in [3.8, 4) is 17.1 Å². The van der Waals surface area contributed by atoms with Crippen LogP contribution < -0.4 is 10.5 Å². The van der Waals surface area contributed by atoms with Gasteiger partial charge in [0.2, 0.25) is 11.7 Å². The summed E-state index contributed by atoms with van der Waals surface area (Å²) >= 11 is 0. The summed E-state index contributed by atoms with van der Waals surface area (Å²) in [6.45, 7) is 5.73. The number of ether oxygens (including phenoxy) is 1. The van der Waals surface area contributed by atoms with Gasteiger partial charge in [-0.3, -0.25) is 0 Å². The van der Waals surface area contributed by atoms with Crippen LogP contribution in [0, 0.1) is 0 Å². The second kappa shape index (κ2) is 9.41. The molecule has 0 unspecified atom stereocenters. The third kappa shape index (κ3) is 6.22. The predicted molar refractivity (Wildman–Crippen MR) is 101 cm³/mol. The Morgan fingerprint density at radius 3 is 2.36 bits per heavy atom. The number of halogens is 3. The van der Waals surface area contributed by atoms with Gasteiger partial charge in [-0.1, -0.05) is 44.2 Å². The lowest BCUT2D eigenvalue weighted by molar-refractivity contribution is -0.138. The van der Waals surface area contributed by atoms with Crippen LogP contribution >= 0.6 is 0 Å². The van der Waals surface area contributed by atoms with E-state index in [9.17, 15) is 13.2 Å². The average Bonchev–Trinajstić information content (AvgIpc) is 3.11. The second-order valence-electron chi connectivity index (χ2n) is 7.47. The lowest BCUT2D eigenvalue weighted by atomic mass is 10.1. The van der Waals surface area contributed by atoms with Crippen molar-refractivity contribution < 1.29 is 22.4 Å². The fourth-order valence-corrected chi connectivity index (χ4v) is 2.68. The molecule has 0 radical (unpaired) electrons. The van der Waals surface area contributed by atoms with Gasteiger partial charge in [0, 0.05) is 5.56 Å². The minimum atomic E-state index is -4.55. The minimum absolute atomic E-state index is 0.0569. The molecule has 0 bridgehead atoms. The Morgan fingerprint density at radius 1 is 1.07 bits per heavy atom. The van der Waals surface area contributed by atoms with Crippen molar-refractivity contribution in [3.63, 3.8) is 0 Å². The zero-order valence-electron chi connectivity index (χ0n) is 16.6. The Labute approximate surface area is 163 Å². The van der Waals surface area contributed by atoms with Crippen LogP contribution in [-0.4, -0.2) is 16.7 Å². The van der Waals surface area contributed by atoms with Crippen LogP contribution in [-0.2, 0) is 11.7 Å². The van der Waals surface area contributed by atoms with Crippen molar-refractivity contribution in [2.45, 2.75) is 71.0 Å². The minimum Gasteiger partial charge on any atom is -0.493 e. The van der Waals surface area contributed by atoms with E-state index >= 15 is 0 Å². The molecule has 0 aliphatic carbocycles. The van der Waals surface area contributed by atoms with Crippen molar-refractivity contribution >= 4 is 0 Å². The van der Waals surface area contributed by atoms with Crippen LogP contribution in [0.15, 0.2) is 22.7 Å². The molecule has 0 spiro atoms. The number of hydrogen-bond acceptors (Lipinski definition) is 5. The first-order valence-electron chi connectivity index (χ1n) is 9.60. The predicted octanol–water partition coefficient (Wildman–Crippen LogP) is 5.69. The van der Waals surface area contributed by atoms with Crippen molar-refractivity contribution in [1.82, 2.24) is 10.1 Å². The Hall–Kier alpha value is -2.09. The number of alkyl halides is 3. The van der Waals surface area contributed by atoms with Gasteiger partial charge in [0.25, 0.3) is 0 Å². The first-order chi connectivity index (χ1) is 13.1. The molecule has 1 aromatic carbocycles. The smallest absolute Gasteiger partial charge is 0.419 e. The van der Waals surface area contributed by atoms with E-state index < -0.39 is 17.3 Å². The Morgan fingerprint density at radius 2 is 1.75 bits per heavy atom. The average molecular weight is 399 g/mol. The normalized spacial score (nSPS) is 12.4. The summed E-state index contributed by atoms with van der Waals surface area (Å²) in [5, 5.41) is 3.74. The van der Waals surface area contributed by atoms with Gasteiger partial charge in [-0.05, 0) is 38.5 Å². The zero-order chi connectivity index (χ0) is 20.8. The summed E-state index contributed by atoms with van der Waals surface area (Å²) in [6.07, 6.45) is 1.67. The molecule has 0 fully saturated rings. The molecule has 5 nitrogen and oxygen atoms in total. The van der Waals surface area contributed by atoms with Gasteiger partial charge in [-0.25, -0.2) is 0 Å². The van der Waals surface area contributed by atoms with Gasteiger partial charge < -0.3 is 15.0 Å². The van der Waals surface area contributed by atoms with Crippen molar-refractivity contribution in [2.75, 3.05) is 6.61 Å². The lowest BCUT2D eigenvalue weighted by Crippen LogP contribution is -2.28. The highest BCUT2D eigenvalue weighted by molar-refractivity contribution is 5.59.